The molecule has 2 atom stereocenters. The summed E-state index contributed by atoms with van der Waals surface area (Å²) in [6.45, 7) is 0. The van der Waals surface area contributed by atoms with Crippen LogP contribution in [0.4, 0.5) is 10.1 Å². The second-order valence-electron chi connectivity index (χ2n) is 3.20. The third-order valence-corrected chi connectivity index (χ3v) is 2.28. The monoisotopic (exact) mass is 182 g/mol. The van der Waals surface area contributed by atoms with E-state index >= 15 is 0 Å². The summed E-state index contributed by atoms with van der Waals surface area (Å²) in [6, 6.07) is 3.20. The van der Waals surface area contributed by atoms with Crippen molar-refractivity contribution in [2.45, 2.75) is 18.6 Å². The van der Waals surface area contributed by atoms with E-state index in [1.54, 1.807) is 25.4 Å². The van der Waals surface area contributed by atoms with Crippen molar-refractivity contribution in [1.29, 1.82) is 0 Å². The first-order valence-electron chi connectivity index (χ1n) is 4.27. The molecule has 0 bridgehead atoms. The van der Waals surface area contributed by atoms with Crippen molar-refractivity contribution < 1.29 is 4.39 Å². The topological polar surface area (TPSA) is 34.0 Å². The zero-order valence-corrected chi connectivity index (χ0v) is 7.33. The smallest absolute Gasteiger partial charge is 0.274 e. The van der Waals surface area contributed by atoms with Crippen molar-refractivity contribution in [2.75, 3.05) is 12.4 Å². The molecule has 1 aliphatic rings. The van der Waals surface area contributed by atoms with Crippen LogP contribution in [0.1, 0.15) is 12.5 Å². The highest BCUT2D eigenvalue weighted by atomic mass is 19.1. The number of hydrogen-bond acceptors (Lipinski definition) is 2. The molecule has 1 aromatic heterocycles. The molecule has 1 aliphatic carbocycles. The molecule has 4 heteroatoms. The SMILES string of the molecule is CNc1cccn([C@@H]2C[C@H]2F)c1=O. The number of nitrogens with zero attached hydrogens (tertiary/aromatic N) is 1. The second-order valence-corrected chi connectivity index (χ2v) is 3.20. The molecule has 0 radical (unpaired) electrons. The third kappa shape index (κ3) is 1.32. The Balaban J connectivity index is 2.41. The summed E-state index contributed by atoms with van der Waals surface area (Å²) in [4.78, 5) is 11.6. The molecule has 1 N–H and O–H groups in total. The molecule has 0 aromatic carbocycles. The van der Waals surface area contributed by atoms with Crippen LogP contribution in [0.5, 0.6) is 0 Å². The lowest BCUT2D eigenvalue weighted by Gasteiger charge is -2.05. The van der Waals surface area contributed by atoms with Crippen LogP contribution in [0, 0.1) is 0 Å². The molecule has 13 heavy (non-hydrogen) atoms. The number of halogens is 1. The van der Waals surface area contributed by atoms with Gasteiger partial charge in [-0.3, -0.25) is 4.79 Å². The average molecular weight is 182 g/mol. The quantitative estimate of drug-likeness (QED) is 0.745. The van der Waals surface area contributed by atoms with E-state index in [9.17, 15) is 9.18 Å². The zero-order chi connectivity index (χ0) is 9.42. The van der Waals surface area contributed by atoms with Gasteiger partial charge in [-0.05, 0) is 12.1 Å². The first kappa shape index (κ1) is 8.29. The molecule has 1 fully saturated rings. The maximum absolute atomic E-state index is 12.7. The molecule has 0 unspecified atom stereocenters. The number of aromatic nitrogens is 1. The fourth-order valence-electron chi connectivity index (χ4n) is 1.40. The average Bonchev–Trinajstić information content (AvgIpc) is 2.83. The van der Waals surface area contributed by atoms with Crippen molar-refractivity contribution in [1.82, 2.24) is 4.57 Å². The highest BCUT2D eigenvalue weighted by molar-refractivity contribution is 5.39. The van der Waals surface area contributed by atoms with Crippen LogP contribution in [0.3, 0.4) is 0 Å². The molecule has 70 valence electrons. The molecule has 1 saturated carbocycles. The van der Waals surface area contributed by atoms with Crippen LogP contribution in [-0.2, 0) is 0 Å². The third-order valence-electron chi connectivity index (χ3n) is 2.28. The molecule has 0 spiro atoms. The maximum atomic E-state index is 12.7. The lowest BCUT2D eigenvalue weighted by atomic mass is 10.4. The predicted molar refractivity (Wildman–Crippen MR) is 48.8 cm³/mol. The van der Waals surface area contributed by atoms with Crippen LogP contribution in [0.2, 0.25) is 0 Å². The molecular formula is C9H11FN2O. The Hall–Kier alpha value is -1.32. The summed E-state index contributed by atoms with van der Waals surface area (Å²) < 4.78 is 14.2. The first-order valence-corrected chi connectivity index (χ1v) is 4.27. The fourth-order valence-corrected chi connectivity index (χ4v) is 1.40. The Bertz CT molecular complexity index is 374. The summed E-state index contributed by atoms with van der Waals surface area (Å²) in [6.07, 6.45) is 1.25. The van der Waals surface area contributed by atoms with Gasteiger partial charge < -0.3 is 9.88 Å². The normalized spacial score (nSPS) is 25.7. The molecule has 2 rings (SSSR count). The summed E-state index contributed by atoms with van der Waals surface area (Å²) in [5, 5.41) is 2.78. The van der Waals surface area contributed by atoms with Crippen molar-refractivity contribution in [2.24, 2.45) is 0 Å². The molecule has 0 aliphatic heterocycles. The molecule has 0 saturated heterocycles. The van der Waals surface area contributed by atoms with Crippen molar-refractivity contribution in [3.8, 4) is 0 Å². The van der Waals surface area contributed by atoms with Crippen LogP contribution >= 0.6 is 0 Å². The molecule has 1 aromatic rings. The molecule has 3 nitrogen and oxygen atoms in total. The van der Waals surface area contributed by atoms with Gasteiger partial charge in [-0.1, -0.05) is 0 Å². The Morgan fingerprint density at radius 1 is 1.69 bits per heavy atom. The Labute approximate surface area is 75.2 Å². The van der Waals surface area contributed by atoms with Crippen molar-refractivity contribution in [3.05, 3.63) is 28.7 Å². The van der Waals surface area contributed by atoms with Gasteiger partial charge >= 0.3 is 0 Å². The van der Waals surface area contributed by atoms with E-state index in [1.807, 2.05) is 0 Å². The van der Waals surface area contributed by atoms with E-state index in [0.717, 1.165) is 0 Å². The predicted octanol–water partition coefficient (Wildman–Crippen LogP) is 1.17. The molecule has 1 heterocycles. The second kappa shape index (κ2) is 2.87. The van der Waals surface area contributed by atoms with E-state index in [4.69, 9.17) is 0 Å². The van der Waals surface area contributed by atoms with Gasteiger partial charge in [0.15, 0.2) is 0 Å². The minimum atomic E-state index is -0.843. The van der Waals surface area contributed by atoms with Gasteiger partial charge in [-0.15, -0.1) is 0 Å². The summed E-state index contributed by atoms with van der Waals surface area (Å²) >= 11 is 0. The summed E-state index contributed by atoms with van der Waals surface area (Å²) in [7, 11) is 1.68. The minimum Gasteiger partial charge on any atom is -0.384 e. The van der Waals surface area contributed by atoms with Gasteiger partial charge in [0.25, 0.3) is 5.56 Å². The van der Waals surface area contributed by atoms with E-state index < -0.39 is 6.17 Å². The van der Waals surface area contributed by atoms with Gasteiger partial charge in [0, 0.05) is 19.7 Å². The number of hydrogen-bond donors (Lipinski definition) is 1. The fraction of sp³-hybridized carbons (Fsp3) is 0.444. The number of rotatable bonds is 2. The number of nitrogens with one attached hydrogen (secondary N) is 1. The number of anilines is 1. The maximum Gasteiger partial charge on any atom is 0.274 e. The minimum absolute atomic E-state index is 0.143. The largest absolute Gasteiger partial charge is 0.384 e. The lowest BCUT2D eigenvalue weighted by molar-refractivity contribution is 0.438. The Kier molecular flexibility index (Phi) is 1.83. The van der Waals surface area contributed by atoms with Crippen LogP contribution in [0.25, 0.3) is 0 Å². The van der Waals surface area contributed by atoms with Crippen molar-refractivity contribution >= 4 is 5.69 Å². The van der Waals surface area contributed by atoms with E-state index in [-0.39, 0.29) is 11.6 Å². The molecule has 0 amide bonds. The lowest BCUT2D eigenvalue weighted by Crippen LogP contribution is -2.21. The highest BCUT2D eigenvalue weighted by Gasteiger charge is 2.39. The molecular weight excluding hydrogens is 171 g/mol. The van der Waals surface area contributed by atoms with E-state index in [0.29, 0.717) is 12.1 Å². The van der Waals surface area contributed by atoms with Gasteiger partial charge in [-0.25, -0.2) is 4.39 Å². The van der Waals surface area contributed by atoms with Crippen LogP contribution in [0.15, 0.2) is 23.1 Å². The van der Waals surface area contributed by atoms with E-state index in [2.05, 4.69) is 5.32 Å². The van der Waals surface area contributed by atoms with Gasteiger partial charge in [-0.2, -0.15) is 0 Å². The van der Waals surface area contributed by atoms with Crippen LogP contribution in [-0.4, -0.2) is 17.8 Å². The van der Waals surface area contributed by atoms with Gasteiger partial charge in [0.1, 0.15) is 11.9 Å². The zero-order valence-electron chi connectivity index (χ0n) is 7.33. The van der Waals surface area contributed by atoms with E-state index in [1.165, 1.54) is 4.57 Å². The summed E-state index contributed by atoms with van der Waals surface area (Å²) in [5.74, 6) is 0. The standard InChI is InChI=1S/C9H11FN2O/c1-11-7-3-2-4-12(9(7)13)8-5-6(8)10/h2-4,6,8,11H,5H2,1H3/t6-,8-/m1/s1. The van der Waals surface area contributed by atoms with Crippen molar-refractivity contribution in [3.63, 3.8) is 0 Å². The Morgan fingerprint density at radius 2 is 2.38 bits per heavy atom. The Morgan fingerprint density at radius 3 is 2.92 bits per heavy atom. The summed E-state index contributed by atoms with van der Waals surface area (Å²) in [5.41, 5.74) is 0.372. The number of alkyl halides is 1. The van der Waals surface area contributed by atoms with Gasteiger partial charge in [0.05, 0.1) is 6.04 Å². The highest BCUT2D eigenvalue weighted by Crippen LogP contribution is 2.37. The van der Waals surface area contributed by atoms with Gasteiger partial charge in [0.2, 0.25) is 0 Å². The first-order chi connectivity index (χ1) is 6.24. The van der Waals surface area contributed by atoms with Crippen LogP contribution < -0.4 is 10.9 Å². The number of pyridine rings is 1.